The zero-order valence-corrected chi connectivity index (χ0v) is 17.3. The van der Waals surface area contributed by atoms with E-state index >= 15 is 0 Å². The first-order valence-corrected chi connectivity index (χ1v) is 10.2. The van der Waals surface area contributed by atoms with Crippen LogP contribution in [-0.2, 0) is 6.42 Å². The highest BCUT2D eigenvalue weighted by Crippen LogP contribution is 2.37. The third-order valence-corrected chi connectivity index (χ3v) is 5.34. The van der Waals surface area contributed by atoms with Crippen LogP contribution in [0.15, 0.2) is 59.4 Å². The lowest BCUT2D eigenvalue weighted by Crippen LogP contribution is -2.31. The van der Waals surface area contributed by atoms with Crippen molar-refractivity contribution >= 4 is 17.5 Å². The summed E-state index contributed by atoms with van der Waals surface area (Å²) >= 11 is 6.09. The fourth-order valence-electron chi connectivity index (χ4n) is 3.42. The number of rotatable bonds is 7. The normalized spacial score (nSPS) is 14.2. The second-order valence-corrected chi connectivity index (χ2v) is 7.82. The van der Waals surface area contributed by atoms with E-state index in [1.54, 1.807) is 18.2 Å². The predicted molar refractivity (Wildman–Crippen MR) is 115 cm³/mol. The fourth-order valence-corrected chi connectivity index (χ4v) is 3.60. The summed E-state index contributed by atoms with van der Waals surface area (Å²) in [4.78, 5) is 32.6. The summed E-state index contributed by atoms with van der Waals surface area (Å²) < 4.78 is 5.31. The van der Waals surface area contributed by atoms with Gasteiger partial charge in [0, 0.05) is 23.4 Å². The lowest BCUT2D eigenvalue weighted by atomic mass is 10.0. The topological polar surface area (TPSA) is 84.1 Å². The fraction of sp³-hybridized carbons (Fsp3) is 0.261. The minimum atomic E-state index is -0.372. The number of ether oxygens (including phenoxy) is 1. The Labute approximate surface area is 179 Å². The molecule has 1 saturated carbocycles. The first-order chi connectivity index (χ1) is 14.5. The number of aromatic amines is 1. The van der Waals surface area contributed by atoms with E-state index < -0.39 is 0 Å². The highest BCUT2D eigenvalue weighted by molar-refractivity contribution is 6.31. The van der Waals surface area contributed by atoms with Crippen molar-refractivity contribution in [2.75, 3.05) is 7.11 Å². The Balaban J connectivity index is 1.64. The maximum Gasteiger partial charge on any atom is 0.255 e. The van der Waals surface area contributed by atoms with Gasteiger partial charge in [-0.15, -0.1) is 0 Å². The molecule has 1 amide bonds. The Kier molecular flexibility index (Phi) is 5.86. The standard InChI is InChI=1S/C23H22ClN3O3/c1-30-20-10-9-16(24)11-18(20)23(29)26-19(14-5-3-2-4-6-14)12-17-13-21(28)27-22(25-17)15-7-8-15/h2-6,9-11,13,15,19H,7-8,12H2,1H3,(H,26,29)(H,25,27,28). The van der Waals surface area contributed by atoms with Crippen LogP contribution < -0.4 is 15.6 Å². The van der Waals surface area contributed by atoms with Crippen molar-refractivity contribution in [3.8, 4) is 5.75 Å². The second kappa shape index (κ2) is 8.71. The Morgan fingerprint density at radius 3 is 2.70 bits per heavy atom. The summed E-state index contributed by atoms with van der Waals surface area (Å²) in [5, 5.41) is 3.50. The molecule has 0 radical (unpaired) electrons. The molecule has 0 bridgehead atoms. The van der Waals surface area contributed by atoms with Crippen LogP contribution in [0.5, 0.6) is 5.75 Å². The van der Waals surface area contributed by atoms with E-state index in [1.807, 2.05) is 30.3 Å². The van der Waals surface area contributed by atoms with Crippen LogP contribution in [-0.4, -0.2) is 23.0 Å². The van der Waals surface area contributed by atoms with E-state index in [4.69, 9.17) is 16.3 Å². The smallest absolute Gasteiger partial charge is 0.255 e. The molecule has 3 aromatic rings. The molecule has 6 nitrogen and oxygen atoms in total. The van der Waals surface area contributed by atoms with Gasteiger partial charge in [0.2, 0.25) is 0 Å². The monoisotopic (exact) mass is 423 g/mol. The number of aromatic nitrogens is 2. The molecule has 1 aliphatic rings. The van der Waals surface area contributed by atoms with Crippen LogP contribution in [0.25, 0.3) is 0 Å². The van der Waals surface area contributed by atoms with E-state index in [2.05, 4.69) is 15.3 Å². The summed E-state index contributed by atoms with van der Waals surface area (Å²) in [5.74, 6) is 1.19. The third kappa shape index (κ3) is 4.71. The van der Waals surface area contributed by atoms with Gasteiger partial charge in [-0.3, -0.25) is 9.59 Å². The minimum Gasteiger partial charge on any atom is -0.496 e. The summed E-state index contributed by atoms with van der Waals surface area (Å²) in [5.41, 5.74) is 1.75. The molecule has 1 unspecified atom stereocenters. The molecule has 0 saturated heterocycles. The summed E-state index contributed by atoms with van der Waals surface area (Å²) in [7, 11) is 1.51. The molecule has 1 aliphatic carbocycles. The van der Waals surface area contributed by atoms with Crippen molar-refractivity contribution in [1.29, 1.82) is 0 Å². The molecule has 1 aromatic heterocycles. The van der Waals surface area contributed by atoms with Gasteiger partial charge in [-0.1, -0.05) is 41.9 Å². The van der Waals surface area contributed by atoms with Crippen molar-refractivity contribution in [3.63, 3.8) is 0 Å². The predicted octanol–water partition coefficient (Wildman–Crippen LogP) is 4.02. The number of amides is 1. The van der Waals surface area contributed by atoms with E-state index in [9.17, 15) is 9.59 Å². The number of methoxy groups -OCH3 is 1. The van der Waals surface area contributed by atoms with Gasteiger partial charge < -0.3 is 15.0 Å². The van der Waals surface area contributed by atoms with Gasteiger partial charge in [0.1, 0.15) is 11.6 Å². The van der Waals surface area contributed by atoms with Crippen LogP contribution in [0.4, 0.5) is 0 Å². The molecule has 2 N–H and O–H groups in total. The molecule has 30 heavy (non-hydrogen) atoms. The van der Waals surface area contributed by atoms with E-state index in [1.165, 1.54) is 13.2 Å². The van der Waals surface area contributed by atoms with Gasteiger partial charge >= 0.3 is 0 Å². The lowest BCUT2D eigenvalue weighted by molar-refractivity contribution is 0.0933. The number of carbonyl (C=O) groups is 1. The highest BCUT2D eigenvalue weighted by Gasteiger charge is 2.27. The molecule has 1 atom stereocenters. The van der Waals surface area contributed by atoms with Gasteiger partial charge in [-0.25, -0.2) is 4.98 Å². The molecule has 1 fully saturated rings. The van der Waals surface area contributed by atoms with Gasteiger partial charge in [0.15, 0.2) is 0 Å². The Morgan fingerprint density at radius 1 is 1.23 bits per heavy atom. The van der Waals surface area contributed by atoms with Crippen molar-refractivity contribution in [2.45, 2.75) is 31.2 Å². The molecule has 4 rings (SSSR count). The third-order valence-electron chi connectivity index (χ3n) is 5.10. The number of nitrogens with one attached hydrogen (secondary N) is 2. The maximum absolute atomic E-state index is 13.1. The van der Waals surface area contributed by atoms with Crippen LogP contribution >= 0.6 is 11.6 Å². The molecular formula is C23H22ClN3O3. The maximum atomic E-state index is 13.1. The summed E-state index contributed by atoms with van der Waals surface area (Å²) in [6, 6.07) is 15.7. The average Bonchev–Trinajstić information content (AvgIpc) is 3.59. The van der Waals surface area contributed by atoms with Crippen LogP contribution in [0.3, 0.4) is 0 Å². The largest absolute Gasteiger partial charge is 0.496 e. The van der Waals surface area contributed by atoms with Crippen LogP contribution in [0, 0.1) is 0 Å². The number of nitrogens with zero attached hydrogens (tertiary/aromatic N) is 1. The van der Waals surface area contributed by atoms with Gasteiger partial charge in [0.25, 0.3) is 11.5 Å². The quantitative estimate of drug-likeness (QED) is 0.601. The Bertz CT molecular complexity index is 1110. The average molecular weight is 424 g/mol. The van der Waals surface area contributed by atoms with E-state index in [-0.39, 0.29) is 17.5 Å². The van der Waals surface area contributed by atoms with Crippen molar-refractivity contribution in [2.24, 2.45) is 0 Å². The Hall–Kier alpha value is -3.12. The van der Waals surface area contributed by atoms with Crippen molar-refractivity contribution in [1.82, 2.24) is 15.3 Å². The molecule has 0 aliphatic heterocycles. The van der Waals surface area contributed by atoms with Crippen LogP contribution in [0.1, 0.15) is 52.2 Å². The number of halogens is 1. The first-order valence-electron chi connectivity index (χ1n) is 9.83. The molecule has 1 heterocycles. The zero-order valence-electron chi connectivity index (χ0n) is 16.5. The molecule has 7 heteroatoms. The number of carbonyl (C=O) groups excluding carboxylic acids is 1. The number of hydrogen-bond acceptors (Lipinski definition) is 4. The minimum absolute atomic E-state index is 0.170. The van der Waals surface area contributed by atoms with Gasteiger partial charge in [-0.2, -0.15) is 0 Å². The molecule has 2 aromatic carbocycles. The number of benzene rings is 2. The number of H-pyrrole nitrogens is 1. The zero-order chi connectivity index (χ0) is 21.1. The summed E-state index contributed by atoms with van der Waals surface area (Å²) in [6.45, 7) is 0. The molecule has 154 valence electrons. The number of hydrogen-bond donors (Lipinski definition) is 2. The molecule has 0 spiro atoms. The summed E-state index contributed by atoms with van der Waals surface area (Å²) in [6.07, 6.45) is 2.47. The van der Waals surface area contributed by atoms with E-state index in [0.717, 1.165) is 24.2 Å². The SMILES string of the molecule is COc1ccc(Cl)cc1C(=O)NC(Cc1cc(=O)[nH]c(C2CC2)n1)c1ccccc1. The molecular weight excluding hydrogens is 402 g/mol. The highest BCUT2D eigenvalue weighted by atomic mass is 35.5. The van der Waals surface area contributed by atoms with Gasteiger partial charge in [0.05, 0.1) is 24.4 Å². The second-order valence-electron chi connectivity index (χ2n) is 7.38. The van der Waals surface area contributed by atoms with E-state index in [0.29, 0.717) is 34.4 Å². The lowest BCUT2D eigenvalue weighted by Gasteiger charge is -2.20. The van der Waals surface area contributed by atoms with Crippen LogP contribution in [0.2, 0.25) is 5.02 Å². The van der Waals surface area contributed by atoms with Gasteiger partial charge in [-0.05, 0) is 36.6 Å². The van der Waals surface area contributed by atoms with Crippen molar-refractivity contribution < 1.29 is 9.53 Å². The Morgan fingerprint density at radius 2 is 2.00 bits per heavy atom. The first kappa shape index (κ1) is 20.2. The van der Waals surface area contributed by atoms with Crippen molar-refractivity contribution in [3.05, 3.63) is 92.6 Å².